The first-order valence-corrected chi connectivity index (χ1v) is 15.6. The second kappa shape index (κ2) is 6.10. The molecule has 6 heteroatoms. The largest absolute Gasteiger partial charge is 0.420 e. The van der Waals surface area contributed by atoms with Crippen LogP contribution in [-0.2, 0) is 12.3 Å². The molecule has 0 aliphatic carbocycles. The van der Waals surface area contributed by atoms with E-state index in [1.807, 2.05) is 0 Å². The van der Waals surface area contributed by atoms with Gasteiger partial charge in [-0.1, -0.05) is 66.7 Å². The van der Waals surface area contributed by atoms with Crippen molar-refractivity contribution in [2.75, 3.05) is 0 Å². The van der Waals surface area contributed by atoms with E-state index in [0.29, 0.717) is 0 Å². The molecule has 1 atom stereocenters. The van der Waals surface area contributed by atoms with Gasteiger partial charge in [0.05, 0.1) is 0 Å². The normalized spacial score (nSPS) is 23.4. The first kappa shape index (κ1) is 17.3. The molecule has 4 aromatic rings. The molecule has 0 bridgehead atoms. The summed E-state index contributed by atoms with van der Waals surface area (Å²) >= 11 is 0. The van der Waals surface area contributed by atoms with E-state index in [2.05, 4.69) is 86.4 Å². The summed E-state index contributed by atoms with van der Waals surface area (Å²) < 4.78 is 18.8. The predicted molar refractivity (Wildman–Crippen MR) is 119 cm³/mol. The van der Waals surface area contributed by atoms with E-state index in [9.17, 15) is 0 Å². The van der Waals surface area contributed by atoms with Gasteiger partial charge in [-0.15, -0.1) is 0 Å². The Morgan fingerprint density at radius 1 is 0.630 bits per heavy atom. The average molecular weight is 407 g/mol. The lowest BCUT2D eigenvalue weighted by Crippen LogP contribution is -2.63. The molecule has 4 aromatic carbocycles. The Kier molecular flexibility index (Phi) is 3.91. The summed E-state index contributed by atoms with van der Waals surface area (Å²) in [5.41, 5.74) is 0. The van der Waals surface area contributed by atoms with Gasteiger partial charge in [0.25, 0.3) is 10.0 Å². The van der Waals surface area contributed by atoms with E-state index in [1.54, 1.807) is 0 Å². The van der Waals surface area contributed by atoms with Gasteiger partial charge in [0, 0.05) is 5.19 Å². The molecular formula is C21H22O3Si3. The van der Waals surface area contributed by atoms with Gasteiger partial charge in [0.1, 0.15) is 0 Å². The predicted octanol–water partition coefficient (Wildman–Crippen LogP) is 4.19. The summed E-state index contributed by atoms with van der Waals surface area (Å²) in [6.07, 6.45) is 0. The number of fused-ring (bicyclic) bond motifs is 6. The van der Waals surface area contributed by atoms with Crippen molar-refractivity contribution in [3.8, 4) is 0 Å². The lowest BCUT2D eigenvalue weighted by molar-refractivity contribution is 0.276. The van der Waals surface area contributed by atoms with Gasteiger partial charge in [-0.05, 0) is 52.0 Å². The molecule has 0 radical (unpaired) electrons. The second-order valence-electron chi connectivity index (χ2n) is 7.67. The van der Waals surface area contributed by atoms with Gasteiger partial charge in [-0.2, -0.15) is 0 Å². The molecule has 1 aliphatic rings. The van der Waals surface area contributed by atoms with Crippen molar-refractivity contribution in [1.82, 2.24) is 0 Å². The van der Waals surface area contributed by atoms with E-state index >= 15 is 0 Å². The maximum Gasteiger partial charge on any atom is 0.352 e. The Labute approximate surface area is 163 Å². The molecule has 0 spiro atoms. The van der Waals surface area contributed by atoms with Gasteiger partial charge >= 0.3 is 17.1 Å². The molecule has 136 valence electrons. The highest BCUT2D eigenvalue weighted by Crippen LogP contribution is 2.35. The maximum absolute atomic E-state index is 6.58. The first-order chi connectivity index (χ1) is 13.0. The van der Waals surface area contributed by atoms with Crippen LogP contribution in [0.1, 0.15) is 0 Å². The topological polar surface area (TPSA) is 27.7 Å². The van der Waals surface area contributed by atoms with E-state index in [4.69, 9.17) is 12.3 Å². The maximum atomic E-state index is 6.58. The van der Waals surface area contributed by atoms with E-state index in [-0.39, 0.29) is 0 Å². The van der Waals surface area contributed by atoms with Crippen LogP contribution in [0.15, 0.2) is 66.7 Å². The minimum absolute atomic E-state index is 1.00. The third-order valence-corrected chi connectivity index (χ3v) is 16.3. The van der Waals surface area contributed by atoms with Crippen LogP contribution >= 0.6 is 0 Å². The van der Waals surface area contributed by atoms with Crippen LogP contribution in [0.5, 0.6) is 0 Å². The first-order valence-electron chi connectivity index (χ1n) is 9.29. The van der Waals surface area contributed by atoms with Crippen LogP contribution in [-0.4, -0.2) is 27.1 Å². The molecule has 3 nitrogen and oxygen atoms in total. The highest BCUT2D eigenvalue weighted by Gasteiger charge is 2.46. The van der Waals surface area contributed by atoms with Gasteiger partial charge in [0.2, 0.25) is 0 Å². The molecule has 0 aromatic heterocycles. The molecular weight excluding hydrogens is 384 g/mol. The summed E-state index contributed by atoms with van der Waals surface area (Å²) in [5, 5.41) is 8.92. The van der Waals surface area contributed by atoms with Crippen LogP contribution in [0, 0.1) is 0 Å². The number of hydrogen-bond acceptors (Lipinski definition) is 3. The van der Waals surface area contributed by atoms with Crippen molar-refractivity contribution < 1.29 is 12.3 Å². The Balaban J connectivity index is 1.93. The number of benzene rings is 4. The molecule has 1 fully saturated rings. The van der Waals surface area contributed by atoms with E-state index in [0.717, 1.165) is 0 Å². The molecule has 0 amide bonds. The zero-order valence-electron chi connectivity index (χ0n) is 15.8. The van der Waals surface area contributed by atoms with E-state index < -0.39 is 27.1 Å². The Bertz CT molecular complexity index is 1150. The molecule has 0 N–H and O–H groups in total. The lowest BCUT2D eigenvalue weighted by atomic mass is 9.94. The van der Waals surface area contributed by atoms with Crippen LogP contribution in [0.3, 0.4) is 0 Å². The van der Waals surface area contributed by atoms with Crippen molar-refractivity contribution in [2.45, 2.75) is 19.6 Å². The van der Waals surface area contributed by atoms with Gasteiger partial charge < -0.3 is 12.3 Å². The third kappa shape index (κ3) is 2.72. The number of hydrogen-bond donors (Lipinski definition) is 0. The van der Waals surface area contributed by atoms with Crippen molar-refractivity contribution >= 4 is 64.6 Å². The molecule has 1 unspecified atom stereocenters. The van der Waals surface area contributed by atoms with Gasteiger partial charge in [-0.25, -0.2) is 0 Å². The van der Waals surface area contributed by atoms with E-state index in [1.165, 1.54) is 37.5 Å². The highest BCUT2D eigenvalue weighted by molar-refractivity contribution is 6.93. The fourth-order valence-electron chi connectivity index (χ4n) is 4.28. The minimum Gasteiger partial charge on any atom is -0.420 e. The van der Waals surface area contributed by atoms with Crippen molar-refractivity contribution in [2.24, 2.45) is 0 Å². The fourth-order valence-corrected chi connectivity index (χ4v) is 14.5. The smallest absolute Gasteiger partial charge is 0.352 e. The van der Waals surface area contributed by atoms with Crippen molar-refractivity contribution in [3.05, 3.63) is 66.7 Å². The minimum atomic E-state index is -2.52. The van der Waals surface area contributed by atoms with Crippen LogP contribution < -0.4 is 5.19 Å². The quantitative estimate of drug-likeness (QED) is 0.350. The standard InChI is InChI=1S/C21H22O3Si3/c1-26(2)22-25-23-27(3,24-26)20-14-8-13-19-17-10-5-4-9-15(17)16-11-6-7-12-18(16)21(19)20/h4-14H,25H2,1-3H3. The zero-order valence-corrected chi connectivity index (χ0v) is 19.2. The fraction of sp³-hybridized carbons (Fsp3) is 0.143. The zero-order chi connectivity index (χ0) is 18.6. The van der Waals surface area contributed by atoms with Crippen molar-refractivity contribution in [3.63, 3.8) is 0 Å². The summed E-state index contributed by atoms with van der Waals surface area (Å²) in [6.45, 7) is 6.45. The Hall–Kier alpha value is -1.81. The van der Waals surface area contributed by atoms with Crippen LogP contribution in [0.2, 0.25) is 19.6 Å². The van der Waals surface area contributed by atoms with Crippen molar-refractivity contribution in [1.29, 1.82) is 0 Å². The molecule has 1 saturated heterocycles. The molecule has 0 saturated carbocycles. The third-order valence-electron chi connectivity index (χ3n) is 5.44. The summed E-state index contributed by atoms with van der Waals surface area (Å²) in [6, 6.07) is 23.9. The Morgan fingerprint density at radius 2 is 1.15 bits per heavy atom. The summed E-state index contributed by atoms with van der Waals surface area (Å²) in [7, 11) is -5.64. The van der Waals surface area contributed by atoms with Gasteiger partial charge in [0.15, 0.2) is 0 Å². The monoisotopic (exact) mass is 406 g/mol. The molecule has 1 heterocycles. The van der Waals surface area contributed by atoms with Crippen LogP contribution in [0.25, 0.3) is 32.3 Å². The summed E-state index contributed by atoms with van der Waals surface area (Å²) in [4.78, 5) is 0. The number of rotatable bonds is 1. The SMILES string of the molecule is C[Si]1(C)O[SiH2]O[Si](C)(c2cccc3c4ccccc4c4ccccc4c23)O1. The summed E-state index contributed by atoms with van der Waals surface area (Å²) in [5.74, 6) is 0. The highest BCUT2D eigenvalue weighted by atomic mass is 28.5. The second-order valence-corrected chi connectivity index (χ2v) is 16.3. The molecule has 1 aliphatic heterocycles. The average Bonchev–Trinajstić information content (AvgIpc) is 2.67. The Morgan fingerprint density at radius 3 is 1.74 bits per heavy atom. The van der Waals surface area contributed by atoms with Crippen LogP contribution in [0.4, 0.5) is 0 Å². The molecule has 27 heavy (non-hydrogen) atoms. The molecule has 5 rings (SSSR count). The lowest BCUT2D eigenvalue weighted by Gasteiger charge is -2.41. The van der Waals surface area contributed by atoms with Gasteiger partial charge in [-0.3, -0.25) is 0 Å².